The van der Waals surface area contributed by atoms with Crippen molar-refractivity contribution in [3.63, 3.8) is 0 Å². The van der Waals surface area contributed by atoms with Crippen LogP contribution in [0.4, 0.5) is 0 Å². The van der Waals surface area contributed by atoms with Gasteiger partial charge < -0.3 is 10.6 Å². The van der Waals surface area contributed by atoms with Crippen molar-refractivity contribution >= 4 is 41.7 Å². The zero-order valence-corrected chi connectivity index (χ0v) is 18.2. The van der Waals surface area contributed by atoms with E-state index in [1.807, 2.05) is 12.3 Å². The minimum Gasteiger partial charge on any atom is -0.357 e. The number of hydrogen-bond donors (Lipinski definition) is 2. The van der Waals surface area contributed by atoms with Gasteiger partial charge >= 0.3 is 0 Å². The number of halogens is 1. The standard InChI is InChI=1S/C18H30N4S.HI/c1-4-19-18(21-13-17-14(3)8-7-11-20-17)22-15-9-6-10-16(12-15)23-5-2;/h7-8,11,15-16H,4-6,9-10,12-13H2,1-3H3,(H2,19,21,22);1H. The van der Waals surface area contributed by atoms with Crippen molar-refractivity contribution in [2.24, 2.45) is 4.99 Å². The average molecular weight is 462 g/mol. The van der Waals surface area contributed by atoms with Gasteiger partial charge in [0.15, 0.2) is 5.96 Å². The highest BCUT2D eigenvalue weighted by atomic mass is 127. The molecule has 0 aliphatic heterocycles. The lowest BCUT2D eigenvalue weighted by atomic mass is 9.95. The number of nitrogens with zero attached hydrogens (tertiary/aromatic N) is 2. The van der Waals surface area contributed by atoms with E-state index in [9.17, 15) is 0 Å². The minimum absolute atomic E-state index is 0. The quantitative estimate of drug-likeness (QED) is 0.379. The molecule has 1 heterocycles. The summed E-state index contributed by atoms with van der Waals surface area (Å²) in [5, 5.41) is 7.80. The molecule has 0 radical (unpaired) electrons. The molecule has 1 aromatic heterocycles. The molecule has 1 saturated carbocycles. The maximum Gasteiger partial charge on any atom is 0.191 e. The number of pyridine rings is 1. The lowest BCUT2D eigenvalue weighted by Crippen LogP contribution is -2.45. The van der Waals surface area contributed by atoms with E-state index < -0.39 is 0 Å². The van der Waals surface area contributed by atoms with E-state index in [1.165, 1.54) is 37.0 Å². The van der Waals surface area contributed by atoms with Gasteiger partial charge in [0.1, 0.15) is 0 Å². The number of thioether (sulfide) groups is 1. The highest BCUT2D eigenvalue weighted by Gasteiger charge is 2.22. The smallest absolute Gasteiger partial charge is 0.191 e. The first-order chi connectivity index (χ1) is 11.2. The van der Waals surface area contributed by atoms with Crippen LogP contribution in [0.1, 0.15) is 50.8 Å². The van der Waals surface area contributed by atoms with E-state index in [-0.39, 0.29) is 24.0 Å². The Hall–Kier alpha value is -0.500. The fraction of sp³-hybridized carbons (Fsp3) is 0.667. The summed E-state index contributed by atoms with van der Waals surface area (Å²) in [5.74, 6) is 2.13. The molecule has 2 atom stereocenters. The fourth-order valence-corrected chi connectivity index (χ4v) is 4.19. The first-order valence-corrected chi connectivity index (χ1v) is 9.84. The molecule has 6 heteroatoms. The number of rotatable bonds is 6. The Morgan fingerprint density at radius 3 is 2.92 bits per heavy atom. The Balaban J connectivity index is 0.00000288. The molecule has 0 spiro atoms. The van der Waals surface area contributed by atoms with E-state index >= 15 is 0 Å². The van der Waals surface area contributed by atoms with Gasteiger partial charge in [0, 0.05) is 24.0 Å². The maximum atomic E-state index is 4.73. The van der Waals surface area contributed by atoms with Crippen LogP contribution in [-0.4, -0.2) is 34.5 Å². The Labute approximate surface area is 168 Å². The van der Waals surface area contributed by atoms with Crippen LogP contribution in [0, 0.1) is 6.92 Å². The van der Waals surface area contributed by atoms with E-state index in [4.69, 9.17) is 4.99 Å². The normalized spacial score (nSPS) is 21.0. The second-order valence-electron chi connectivity index (χ2n) is 6.05. The molecule has 0 amide bonds. The molecule has 2 unspecified atom stereocenters. The minimum atomic E-state index is 0. The molecule has 2 N–H and O–H groups in total. The van der Waals surface area contributed by atoms with Crippen molar-refractivity contribution in [3.05, 3.63) is 29.6 Å². The summed E-state index contributed by atoms with van der Waals surface area (Å²) in [6.07, 6.45) is 7.00. The largest absolute Gasteiger partial charge is 0.357 e. The van der Waals surface area contributed by atoms with Gasteiger partial charge in [-0.3, -0.25) is 4.98 Å². The van der Waals surface area contributed by atoms with Gasteiger partial charge in [-0.15, -0.1) is 24.0 Å². The van der Waals surface area contributed by atoms with Gasteiger partial charge in [0.2, 0.25) is 0 Å². The number of aliphatic imine (C=N–C) groups is 1. The zero-order chi connectivity index (χ0) is 16.5. The predicted octanol–water partition coefficient (Wildman–Crippen LogP) is 4.13. The Morgan fingerprint density at radius 1 is 1.38 bits per heavy atom. The molecule has 2 rings (SSSR count). The van der Waals surface area contributed by atoms with E-state index in [2.05, 4.69) is 54.2 Å². The van der Waals surface area contributed by atoms with Crippen LogP contribution in [0.15, 0.2) is 23.3 Å². The zero-order valence-electron chi connectivity index (χ0n) is 15.0. The summed E-state index contributed by atoms with van der Waals surface area (Å²) >= 11 is 2.10. The summed E-state index contributed by atoms with van der Waals surface area (Å²) in [6.45, 7) is 7.96. The van der Waals surface area contributed by atoms with Gasteiger partial charge in [-0.1, -0.05) is 19.4 Å². The highest BCUT2D eigenvalue weighted by Crippen LogP contribution is 2.28. The van der Waals surface area contributed by atoms with Gasteiger partial charge in [0.25, 0.3) is 0 Å². The number of hydrogen-bond acceptors (Lipinski definition) is 3. The average Bonchev–Trinajstić information content (AvgIpc) is 2.55. The van der Waals surface area contributed by atoms with Crippen LogP contribution in [0.5, 0.6) is 0 Å². The second-order valence-corrected chi connectivity index (χ2v) is 7.62. The first kappa shape index (κ1) is 21.5. The summed E-state index contributed by atoms with van der Waals surface area (Å²) < 4.78 is 0. The number of guanidine groups is 1. The van der Waals surface area contributed by atoms with Crippen molar-refractivity contribution in [3.8, 4) is 0 Å². The Morgan fingerprint density at radius 2 is 2.21 bits per heavy atom. The monoisotopic (exact) mass is 462 g/mol. The first-order valence-electron chi connectivity index (χ1n) is 8.79. The molecule has 1 aromatic rings. The SMILES string of the molecule is CCNC(=NCc1ncccc1C)NC1CCCC(SCC)C1.I. The van der Waals surface area contributed by atoms with Crippen molar-refractivity contribution < 1.29 is 0 Å². The molecule has 136 valence electrons. The lowest BCUT2D eigenvalue weighted by molar-refractivity contribution is 0.419. The van der Waals surface area contributed by atoms with Crippen molar-refractivity contribution in [1.82, 2.24) is 15.6 Å². The molecule has 1 aliphatic carbocycles. The van der Waals surface area contributed by atoms with E-state index in [0.29, 0.717) is 12.6 Å². The number of aromatic nitrogens is 1. The third-order valence-corrected chi connectivity index (χ3v) is 5.45. The molecule has 1 fully saturated rings. The van der Waals surface area contributed by atoms with Crippen LogP contribution in [0.25, 0.3) is 0 Å². The van der Waals surface area contributed by atoms with Crippen LogP contribution >= 0.6 is 35.7 Å². The maximum absolute atomic E-state index is 4.73. The molecular weight excluding hydrogens is 431 g/mol. The van der Waals surface area contributed by atoms with Crippen molar-refractivity contribution in [2.45, 2.75) is 64.3 Å². The molecule has 0 bridgehead atoms. The van der Waals surface area contributed by atoms with Gasteiger partial charge in [0.05, 0.1) is 12.2 Å². The van der Waals surface area contributed by atoms with Gasteiger partial charge in [-0.2, -0.15) is 11.8 Å². The van der Waals surface area contributed by atoms with Gasteiger partial charge in [-0.05, 0) is 50.5 Å². The van der Waals surface area contributed by atoms with Crippen LogP contribution in [0.2, 0.25) is 0 Å². The molecule has 1 aliphatic rings. The lowest BCUT2D eigenvalue weighted by Gasteiger charge is -2.30. The summed E-state index contributed by atoms with van der Waals surface area (Å²) in [7, 11) is 0. The molecule has 0 saturated heterocycles. The van der Waals surface area contributed by atoms with E-state index in [0.717, 1.165) is 23.4 Å². The summed E-state index contributed by atoms with van der Waals surface area (Å²) in [6, 6.07) is 4.60. The third-order valence-electron chi connectivity index (χ3n) is 4.22. The fourth-order valence-electron chi connectivity index (χ4n) is 3.01. The number of aryl methyl sites for hydroxylation is 1. The molecule has 0 aromatic carbocycles. The Bertz CT molecular complexity index is 508. The molecular formula is C18H31IN4S. The van der Waals surface area contributed by atoms with Crippen LogP contribution in [-0.2, 0) is 6.54 Å². The van der Waals surface area contributed by atoms with Crippen LogP contribution < -0.4 is 10.6 Å². The van der Waals surface area contributed by atoms with Crippen molar-refractivity contribution in [2.75, 3.05) is 12.3 Å². The topological polar surface area (TPSA) is 49.3 Å². The highest BCUT2D eigenvalue weighted by molar-refractivity contribution is 14.0. The van der Waals surface area contributed by atoms with Crippen LogP contribution in [0.3, 0.4) is 0 Å². The Kier molecular flexibility index (Phi) is 10.7. The molecule has 24 heavy (non-hydrogen) atoms. The van der Waals surface area contributed by atoms with E-state index in [1.54, 1.807) is 0 Å². The molecule has 4 nitrogen and oxygen atoms in total. The number of nitrogens with one attached hydrogen (secondary N) is 2. The van der Waals surface area contributed by atoms with Crippen molar-refractivity contribution in [1.29, 1.82) is 0 Å². The predicted molar refractivity (Wildman–Crippen MR) is 117 cm³/mol. The summed E-state index contributed by atoms with van der Waals surface area (Å²) in [4.78, 5) is 9.16. The second kappa shape index (κ2) is 12.0. The van der Waals surface area contributed by atoms with Gasteiger partial charge in [-0.25, -0.2) is 4.99 Å². The summed E-state index contributed by atoms with van der Waals surface area (Å²) in [5.41, 5.74) is 2.25. The third kappa shape index (κ3) is 7.17.